The molecule has 4 nitrogen and oxygen atoms in total. The predicted molar refractivity (Wildman–Crippen MR) is 70.3 cm³/mol. The number of hydrogen-bond donors (Lipinski definition) is 1. The molecule has 2 rings (SSSR count). The number of halogens is 1. The van der Waals surface area contributed by atoms with Gasteiger partial charge in [-0.25, -0.2) is 0 Å². The Morgan fingerprint density at radius 2 is 2.38 bits per heavy atom. The predicted octanol–water partition coefficient (Wildman–Crippen LogP) is 2.99. The van der Waals surface area contributed by atoms with Crippen molar-refractivity contribution in [2.75, 3.05) is 10.6 Å². The van der Waals surface area contributed by atoms with Crippen LogP contribution in [0.3, 0.4) is 0 Å². The number of carbonyl (C=O) groups excluding carboxylic acids is 1. The Kier molecular flexibility index (Phi) is 4.03. The zero-order valence-electron chi connectivity index (χ0n) is 8.14. The zero-order valence-corrected chi connectivity index (χ0v) is 11.4. The van der Waals surface area contributed by atoms with E-state index >= 15 is 0 Å². The molecule has 0 aromatic carbocycles. The van der Waals surface area contributed by atoms with Crippen molar-refractivity contribution in [2.24, 2.45) is 0 Å². The van der Waals surface area contributed by atoms with Crippen LogP contribution in [0.2, 0.25) is 0 Å². The number of thiophene rings is 1. The van der Waals surface area contributed by atoms with Gasteiger partial charge in [-0.3, -0.25) is 4.79 Å². The maximum atomic E-state index is 11.3. The van der Waals surface area contributed by atoms with Gasteiger partial charge in [0, 0.05) is 11.8 Å². The summed E-state index contributed by atoms with van der Waals surface area (Å²) in [5, 5.41) is 14.7. The Labute approximate surface area is 109 Å². The molecule has 0 fully saturated rings. The van der Waals surface area contributed by atoms with Gasteiger partial charge in [-0.2, -0.15) is 0 Å². The molecule has 2 heterocycles. The van der Waals surface area contributed by atoms with E-state index in [2.05, 4.69) is 31.4 Å². The van der Waals surface area contributed by atoms with Crippen LogP contribution in [0.4, 0.5) is 5.13 Å². The number of carbonyl (C=O) groups is 1. The van der Waals surface area contributed by atoms with Crippen LogP contribution < -0.4 is 5.32 Å². The van der Waals surface area contributed by atoms with Crippen molar-refractivity contribution < 1.29 is 4.79 Å². The normalized spacial score (nSPS) is 10.3. The first kappa shape index (κ1) is 11.7. The molecular weight excluding hydrogens is 310 g/mol. The van der Waals surface area contributed by atoms with Crippen LogP contribution in [-0.4, -0.2) is 21.4 Å². The Hall–Kier alpha value is -0.790. The average molecular weight is 318 g/mol. The monoisotopic (exact) mass is 317 g/mol. The molecule has 0 aliphatic rings. The molecule has 0 atom stereocenters. The topological polar surface area (TPSA) is 54.9 Å². The Bertz CT molecular complexity index is 469. The van der Waals surface area contributed by atoms with Gasteiger partial charge in [0.1, 0.15) is 0 Å². The minimum absolute atomic E-state index is 0.0502. The van der Waals surface area contributed by atoms with Gasteiger partial charge in [0.2, 0.25) is 11.0 Å². The van der Waals surface area contributed by atoms with E-state index in [-0.39, 0.29) is 5.91 Å². The van der Waals surface area contributed by atoms with Crippen LogP contribution in [0.1, 0.15) is 6.42 Å². The first-order valence-electron chi connectivity index (χ1n) is 4.53. The highest BCUT2D eigenvalue weighted by Gasteiger charge is 2.09. The lowest BCUT2D eigenvalue weighted by Gasteiger charge is -1.96. The summed E-state index contributed by atoms with van der Waals surface area (Å²) in [7, 11) is 0. The van der Waals surface area contributed by atoms with Crippen molar-refractivity contribution in [2.45, 2.75) is 6.42 Å². The number of nitrogens with one attached hydrogen (secondary N) is 1. The van der Waals surface area contributed by atoms with Gasteiger partial charge in [-0.15, -0.1) is 21.5 Å². The van der Waals surface area contributed by atoms with Crippen LogP contribution in [0.15, 0.2) is 17.5 Å². The third-order valence-corrected chi connectivity index (χ3v) is 4.00. The fourth-order valence-corrected chi connectivity index (χ4v) is 2.95. The van der Waals surface area contributed by atoms with Gasteiger partial charge in [0.25, 0.3) is 0 Å². The number of alkyl halides is 1. The molecule has 1 N–H and O–H groups in total. The highest BCUT2D eigenvalue weighted by molar-refractivity contribution is 9.09. The maximum absolute atomic E-state index is 11.3. The minimum atomic E-state index is -0.0502. The molecule has 0 unspecified atom stereocenters. The summed E-state index contributed by atoms with van der Waals surface area (Å²) >= 11 is 6.20. The highest BCUT2D eigenvalue weighted by atomic mass is 79.9. The number of rotatable bonds is 4. The van der Waals surface area contributed by atoms with Gasteiger partial charge in [0.15, 0.2) is 5.01 Å². The van der Waals surface area contributed by atoms with Crippen LogP contribution in [0.5, 0.6) is 0 Å². The van der Waals surface area contributed by atoms with Crippen LogP contribution in [0, 0.1) is 0 Å². The van der Waals surface area contributed by atoms with Crippen molar-refractivity contribution in [3.05, 3.63) is 17.5 Å². The first-order valence-corrected chi connectivity index (χ1v) is 7.34. The number of anilines is 1. The van der Waals surface area contributed by atoms with Crippen molar-refractivity contribution in [3.8, 4) is 9.88 Å². The second kappa shape index (κ2) is 5.51. The van der Waals surface area contributed by atoms with Crippen LogP contribution in [-0.2, 0) is 4.79 Å². The molecule has 7 heteroatoms. The fraction of sp³-hybridized carbons (Fsp3) is 0.222. The molecule has 0 saturated heterocycles. The second-order valence-electron chi connectivity index (χ2n) is 2.88. The third kappa shape index (κ3) is 2.87. The van der Waals surface area contributed by atoms with Crippen molar-refractivity contribution in [3.63, 3.8) is 0 Å². The number of hydrogen-bond acceptors (Lipinski definition) is 5. The summed E-state index contributed by atoms with van der Waals surface area (Å²) in [6.45, 7) is 0. The molecule has 0 aliphatic carbocycles. The standard InChI is InChI=1S/C9H8BrN3OS2/c10-4-3-7(14)11-9-13-12-8(16-9)6-2-1-5-15-6/h1-2,5H,3-4H2,(H,11,13,14). The smallest absolute Gasteiger partial charge is 0.227 e. The molecular formula is C9H8BrN3OS2. The summed E-state index contributed by atoms with van der Waals surface area (Å²) in [5.74, 6) is -0.0502. The van der Waals surface area contributed by atoms with E-state index in [0.29, 0.717) is 16.9 Å². The van der Waals surface area contributed by atoms with Crippen molar-refractivity contribution in [1.29, 1.82) is 0 Å². The molecule has 0 bridgehead atoms. The van der Waals surface area contributed by atoms with E-state index in [1.807, 2.05) is 17.5 Å². The quantitative estimate of drug-likeness (QED) is 0.882. The van der Waals surface area contributed by atoms with E-state index in [4.69, 9.17) is 0 Å². The maximum Gasteiger partial charge on any atom is 0.227 e. The van der Waals surface area contributed by atoms with E-state index in [9.17, 15) is 4.79 Å². The first-order chi connectivity index (χ1) is 7.79. The molecule has 0 radical (unpaired) electrons. The van der Waals surface area contributed by atoms with Gasteiger partial charge in [-0.1, -0.05) is 33.3 Å². The average Bonchev–Trinajstić information content (AvgIpc) is 2.86. The SMILES string of the molecule is O=C(CCBr)Nc1nnc(-c2cccs2)s1. The molecule has 2 aromatic rings. The lowest BCUT2D eigenvalue weighted by molar-refractivity contribution is -0.115. The third-order valence-electron chi connectivity index (χ3n) is 1.72. The van der Waals surface area contributed by atoms with E-state index in [0.717, 1.165) is 9.88 Å². The summed E-state index contributed by atoms with van der Waals surface area (Å²) < 4.78 is 0. The highest BCUT2D eigenvalue weighted by Crippen LogP contribution is 2.29. The molecule has 0 saturated carbocycles. The molecule has 84 valence electrons. The van der Waals surface area contributed by atoms with Crippen molar-refractivity contribution in [1.82, 2.24) is 10.2 Å². The summed E-state index contributed by atoms with van der Waals surface area (Å²) in [5.41, 5.74) is 0. The molecule has 16 heavy (non-hydrogen) atoms. The van der Waals surface area contributed by atoms with Gasteiger partial charge in [-0.05, 0) is 11.4 Å². The lowest BCUT2D eigenvalue weighted by Crippen LogP contribution is -2.11. The molecule has 0 spiro atoms. The molecule has 2 aromatic heterocycles. The molecule has 1 amide bonds. The fourth-order valence-electron chi connectivity index (χ4n) is 1.04. The van der Waals surface area contributed by atoms with Crippen LogP contribution >= 0.6 is 38.6 Å². The lowest BCUT2D eigenvalue weighted by atomic mass is 10.5. The van der Waals surface area contributed by atoms with Gasteiger partial charge < -0.3 is 5.32 Å². The van der Waals surface area contributed by atoms with E-state index < -0.39 is 0 Å². The van der Waals surface area contributed by atoms with Gasteiger partial charge in [0.05, 0.1) is 4.88 Å². The largest absolute Gasteiger partial charge is 0.300 e. The Balaban J connectivity index is 2.06. The number of amides is 1. The van der Waals surface area contributed by atoms with E-state index in [1.165, 1.54) is 11.3 Å². The number of nitrogens with zero attached hydrogens (tertiary/aromatic N) is 2. The second-order valence-corrected chi connectivity index (χ2v) is 5.60. The van der Waals surface area contributed by atoms with Gasteiger partial charge >= 0.3 is 0 Å². The Morgan fingerprint density at radius 3 is 3.06 bits per heavy atom. The van der Waals surface area contributed by atoms with Crippen molar-refractivity contribution >= 4 is 49.6 Å². The summed E-state index contributed by atoms with van der Waals surface area (Å²) in [4.78, 5) is 12.4. The molecule has 0 aliphatic heterocycles. The minimum Gasteiger partial charge on any atom is -0.300 e. The Morgan fingerprint density at radius 1 is 1.50 bits per heavy atom. The summed E-state index contributed by atoms with van der Waals surface area (Å²) in [6, 6.07) is 3.94. The summed E-state index contributed by atoms with van der Waals surface area (Å²) in [6.07, 6.45) is 0.438. The van der Waals surface area contributed by atoms with Crippen LogP contribution in [0.25, 0.3) is 9.88 Å². The zero-order chi connectivity index (χ0) is 11.4. The number of aromatic nitrogens is 2. The van der Waals surface area contributed by atoms with E-state index in [1.54, 1.807) is 11.3 Å².